The van der Waals surface area contributed by atoms with Crippen molar-refractivity contribution in [3.05, 3.63) is 47.5 Å². The number of sulfonamides is 1. The van der Waals surface area contributed by atoms with E-state index in [0.29, 0.717) is 48.3 Å². The van der Waals surface area contributed by atoms with Crippen LogP contribution in [0.2, 0.25) is 0 Å². The number of anilines is 1. The molecule has 0 aliphatic heterocycles. The van der Waals surface area contributed by atoms with E-state index in [0.717, 1.165) is 5.56 Å². The van der Waals surface area contributed by atoms with Crippen LogP contribution < -0.4 is 14.2 Å². The third-order valence-corrected chi connectivity index (χ3v) is 5.81. The van der Waals surface area contributed by atoms with Gasteiger partial charge in [0.25, 0.3) is 10.0 Å². The van der Waals surface area contributed by atoms with Crippen LogP contribution in [-0.2, 0) is 16.6 Å². The Bertz CT molecular complexity index is 1070. The molecule has 0 atom stereocenters. The molecule has 3 aromatic rings. The van der Waals surface area contributed by atoms with Gasteiger partial charge in [0.1, 0.15) is 4.90 Å². The Hall–Kier alpha value is -3.01. The summed E-state index contributed by atoms with van der Waals surface area (Å²) < 4.78 is 40.7. The van der Waals surface area contributed by atoms with Crippen LogP contribution in [0.5, 0.6) is 11.5 Å². The Morgan fingerprint density at radius 1 is 1.14 bits per heavy atom. The number of rotatable bonds is 9. The first-order chi connectivity index (χ1) is 13.8. The first kappa shape index (κ1) is 20.7. The number of aromatic nitrogens is 4. The fourth-order valence-corrected chi connectivity index (χ4v) is 4.43. The monoisotopic (exact) mass is 419 g/mol. The van der Waals surface area contributed by atoms with E-state index in [1.165, 1.54) is 6.20 Å². The summed E-state index contributed by atoms with van der Waals surface area (Å²) in [5.41, 5.74) is 2.23. The number of benzene rings is 1. The lowest BCUT2D eigenvalue weighted by molar-refractivity contribution is 0.287. The van der Waals surface area contributed by atoms with E-state index in [9.17, 15) is 8.42 Å². The number of ether oxygens (including phenoxy) is 2. The quantitative estimate of drug-likeness (QED) is 0.552. The predicted octanol–water partition coefficient (Wildman–Crippen LogP) is 2.87. The second kappa shape index (κ2) is 8.56. The highest BCUT2D eigenvalue weighted by Crippen LogP contribution is 2.29. The van der Waals surface area contributed by atoms with Crippen molar-refractivity contribution in [3.63, 3.8) is 0 Å². The minimum Gasteiger partial charge on any atom is -0.490 e. The number of nitrogens with one attached hydrogen (secondary N) is 2. The number of hydrogen-bond acceptors (Lipinski definition) is 6. The lowest BCUT2D eigenvalue weighted by Crippen LogP contribution is -2.14. The summed E-state index contributed by atoms with van der Waals surface area (Å²) in [5.74, 6) is 1.36. The van der Waals surface area contributed by atoms with Gasteiger partial charge in [0.2, 0.25) is 0 Å². The Labute approximate surface area is 170 Å². The van der Waals surface area contributed by atoms with Gasteiger partial charge in [0.05, 0.1) is 43.0 Å². The third-order valence-electron chi connectivity index (χ3n) is 4.17. The van der Waals surface area contributed by atoms with E-state index in [-0.39, 0.29) is 4.90 Å². The molecule has 0 unspecified atom stereocenters. The Kier molecular flexibility index (Phi) is 6.12. The van der Waals surface area contributed by atoms with E-state index in [1.54, 1.807) is 24.7 Å². The van der Waals surface area contributed by atoms with Gasteiger partial charge in [-0.1, -0.05) is 6.07 Å². The van der Waals surface area contributed by atoms with Gasteiger partial charge in [0.15, 0.2) is 11.5 Å². The zero-order valence-electron chi connectivity index (χ0n) is 16.9. The van der Waals surface area contributed by atoms with E-state index in [4.69, 9.17) is 9.47 Å². The summed E-state index contributed by atoms with van der Waals surface area (Å²) in [5, 5.41) is 10.9. The average Bonchev–Trinajstić information content (AvgIpc) is 3.23. The molecule has 0 spiro atoms. The van der Waals surface area contributed by atoms with Crippen LogP contribution >= 0.6 is 0 Å². The molecule has 0 saturated heterocycles. The third kappa shape index (κ3) is 4.70. The summed E-state index contributed by atoms with van der Waals surface area (Å²) in [6.45, 7) is 8.68. The highest BCUT2D eigenvalue weighted by atomic mass is 32.2. The Morgan fingerprint density at radius 3 is 2.52 bits per heavy atom. The molecule has 156 valence electrons. The molecular weight excluding hydrogens is 394 g/mol. The van der Waals surface area contributed by atoms with Crippen LogP contribution in [0.25, 0.3) is 0 Å². The summed E-state index contributed by atoms with van der Waals surface area (Å²) in [6.07, 6.45) is 3.11. The van der Waals surface area contributed by atoms with Crippen LogP contribution in [0.1, 0.15) is 30.8 Å². The van der Waals surface area contributed by atoms with E-state index in [1.807, 2.05) is 32.0 Å². The average molecular weight is 420 g/mol. The van der Waals surface area contributed by atoms with Crippen LogP contribution in [0.4, 0.5) is 5.69 Å². The first-order valence-electron chi connectivity index (χ1n) is 9.29. The molecule has 3 rings (SSSR count). The van der Waals surface area contributed by atoms with Crippen LogP contribution in [0.15, 0.2) is 35.5 Å². The van der Waals surface area contributed by atoms with E-state index < -0.39 is 10.0 Å². The molecule has 2 aromatic heterocycles. The van der Waals surface area contributed by atoms with E-state index >= 15 is 0 Å². The van der Waals surface area contributed by atoms with Crippen molar-refractivity contribution < 1.29 is 17.9 Å². The summed E-state index contributed by atoms with van der Waals surface area (Å²) in [6, 6.07) is 5.69. The zero-order valence-corrected chi connectivity index (χ0v) is 17.7. The second-order valence-electron chi connectivity index (χ2n) is 6.44. The molecule has 10 heteroatoms. The Morgan fingerprint density at radius 2 is 1.86 bits per heavy atom. The number of hydrogen-bond donors (Lipinski definition) is 2. The maximum atomic E-state index is 12.6. The maximum Gasteiger partial charge on any atom is 0.265 e. The summed E-state index contributed by atoms with van der Waals surface area (Å²) in [7, 11) is -3.75. The Balaban J connectivity index is 1.76. The fourth-order valence-electron chi connectivity index (χ4n) is 3.03. The van der Waals surface area contributed by atoms with Crippen molar-refractivity contribution >= 4 is 15.7 Å². The number of nitrogens with zero attached hydrogens (tertiary/aromatic N) is 3. The lowest BCUT2D eigenvalue weighted by Gasteiger charge is -2.12. The SMILES string of the molecule is CCOc1ccc(Cn2cc(NS(=O)(=O)c3c(C)n[nH]c3C)cn2)cc1OCC. The van der Waals surface area contributed by atoms with Gasteiger partial charge in [-0.05, 0) is 45.4 Å². The summed E-state index contributed by atoms with van der Waals surface area (Å²) in [4.78, 5) is 0.151. The fraction of sp³-hybridized carbons (Fsp3) is 0.368. The number of aromatic amines is 1. The molecule has 0 amide bonds. The molecule has 0 saturated carbocycles. The molecule has 0 radical (unpaired) electrons. The lowest BCUT2D eigenvalue weighted by atomic mass is 10.2. The van der Waals surface area contributed by atoms with Crippen molar-refractivity contribution in [1.82, 2.24) is 20.0 Å². The molecule has 0 bridgehead atoms. The molecule has 2 N–H and O–H groups in total. The highest BCUT2D eigenvalue weighted by molar-refractivity contribution is 7.92. The summed E-state index contributed by atoms with van der Waals surface area (Å²) >= 11 is 0. The van der Waals surface area contributed by atoms with Crippen molar-refractivity contribution in [2.24, 2.45) is 0 Å². The minimum absolute atomic E-state index is 0.151. The van der Waals surface area contributed by atoms with Crippen molar-refractivity contribution in [1.29, 1.82) is 0 Å². The highest BCUT2D eigenvalue weighted by Gasteiger charge is 2.22. The van der Waals surface area contributed by atoms with Gasteiger partial charge in [-0.2, -0.15) is 10.2 Å². The zero-order chi connectivity index (χ0) is 21.0. The topological polar surface area (TPSA) is 111 Å². The van der Waals surface area contributed by atoms with Crippen LogP contribution in [0.3, 0.4) is 0 Å². The molecule has 2 heterocycles. The molecule has 0 aliphatic rings. The number of H-pyrrole nitrogens is 1. The molecule has 29 heavy (non-hydrogen) atoms. The minimum atomic E-state index is -3.75. The van der Waals surface area contributed by atoms with Crippen molar-refractivity contribution in [2.45, 2.75) is 39.1 Å². The largest absolute Gasteiger partial charge is 0.490 e. The second-order valence-corrected chi connectivity index (χ2v) is 8.06. The van der Waals surface area contributed by atoms with Crippen molar-refractivity contribution in [2.75, 3.05) is 17.9 Å². The molecule has 9 nitrogen and oxygen atoms in total. The maximum absolute atomic E-state index is 12.6. The smallest absolute Gasteiger partial charge is 0.265 e. The molecule has 0 aliphatic carbocycles. The van der Waals surface area contributed by atoms with Gasteiger partial charge < -0.3 is 9.47 Å². The van der Waals surface area contributed by atoms with Gasteiger partial charge >= 0.3 is 0 Å². The van der Waals surface area contributed by atoms with Crippen molar-refractivity contribution in [3.8, 4) is 11.5 Å². The number of aryl methyl sites for hydroxylation is 2. The van der Waals surface area contributed by atoms with Gasteiger partial charge in [-0.3, -0.25) is 14.5 Å². The normalized spacial score (nSPS) is 11.4. The molecule has 0 fully saturated rings. The standard InChI is InChI=1S/C19H25N5O4S/c1-5-27-17-8-7-15(9-18(17)28-6-2)11-24-12-16(10-20-24)23-29(25,26)19-13(3)21-22-14(19)4/h7-10,12,23H,5-6,11H2,1-4H3,(H,21,22). The van der Waals surface area contributed by atoms with Gasteiger partial charge in [-0.25, -0.2) is 8.42 Å². The van der Waals surface area contributed by atoms with Gasteiger partial charge in [-0.15, -0.1) is 0 Å². The predicted molar refractivity (Wildman–Crippen MR) is 109 cm³/mol. The van der Waals surface area contributed by atoms with Gasteiger partial charge in [0, 0.05) is 6.20 Å². The van der Waals surface area contributed by atoms with Crippen LogP contribution in [0, 0.1) is 13.8 Å². The first-order valence-corrected chi connectivity index (χ1v) is 10.8. The molecule has 1 aromatic carbocycles. The van der Waals surface area contributed by atoms with E-state index in [2.05, 4.69) is 20.0 Å². The van der Waals surface area contributed by atoms with Crippen LogP contribution in [-0.4, -0.2) is 41.6 Å². The molecular formula is C19H25N5O4S.